The molecule has 0 spiro atoms. The van der Waals surface area contributed by atoms with Gasteiger partial charge in [0.25, 0.3) is 0 Å². The lowest BCUT2D eigenvalue weighted by molar-refractivity contribution is -0.121. The van der Waals surface area contributed by atoms with Gasteiger partial charge < -0.3 is 5.32 Å². The number of nitrogens with one attached hydrogen (secondary N) is 1. The number of hydrogen-bond acceptors (Lipinski definition) is 3. The molecule has 0 aliphatic rings. The van der Waals surface area contributed by atoms with Crippen LogP contribution in [0.1, 0.15) is 46.7 Å². The Hall–Kier alpha value is -3.12. The normalized spacial score (nSPS) is 12.2. The molecule has 0 saturated carbocycles. The second-order valence-electron chi connectivity index (χ2n) is 8.48. The van der Waals surface area contributed by atoms with Gasteiger partial charge in [0.05, 0.1) is 18.0 Å². The van der Waals surface area contributed by atoms with E-state index in [1.54, 1.807) is 0 Å². The number of benzene rings is 3. The lowest BCUT2D eigenvalue weighted by Gasteiger charge is -2.24. The van der Waals surface area contributed by atoms with Crippen molar-refractivity contribution in [1.29, 1.82) is 0 Å². The van der Waals surface area contributed by atoms with E-state index in [0.29, 0.717) is 12.1 Å². The smallest absolute Gasteiger partial charge is 0.232 e. The highest BCUT2D eigenvalue weighted by Gasteiger charge is 2.20. The number of carbonyl (C=O) groups is 1. The van der Waals surface area contributed by atoms with E-state index < -0.39 is 10.0 Å². The summed E-state index contributed by atoms with van der Waals surface area (Å²) >= 11 is 0. The van der Waals surface area contributed by atoms with E-state index in [9.17, 15) is 13.2 Å². The summed E-state index contributed by atoms with van der Waals surface area (Å²) in [6.07, 6.45) is 1.85. The van der Waals surface area contributed by atoms with E-state index >= 15 is 0 Å². The second kappa shape index (κ2) is 10.7. The highest BCUT2D eigenvalue weighted by atomic mass is 32.2. The van der Waals surface area contributed by atoms with Crippen LogP contribution < -0.4 is 9.62 Å². The number of carbonyl (C=O) groups excluding carboxylic acids is 1. The molecule has 33 heavy (non-hydrogen) atoms. The molecule has 1 atom stereocenters. The Bertz CT molecular complexity index is 1210. The summed E-state index contributed by atoms with van der Waals surface area (Å²) in [6.45, 7) is 6.23. The van der Waals surface area contributed by atoms with Crippen molar-refractivity contribution in [3.63, 3.8) is 0 Å². The monoisotopic (exact) mass is 464 g/mol. The van der Waals surface area contributed by atoms with Crippen LogP contribution in [0.15, 0.2) is 72.8 Å². The average Bonchev–Trinajstić information content (AvgIpc) is 2.77. The second-order valence-corrected chi connectivity index (χ2v) is 10.4. The first-order chi connectivity index (χ1) is 15.7. The van der Waals surface area contributed by atoms with Crippen molar-refractivity contribution in [1.82, 2.24) is 5.32 Å². The molecule has 3 aromatic carbocycles. The first-order valence-corrected chi connectivity index (χ1v) is 13.0. The van der Waals surface area contributed by atoms with Gasteiger partial charge >= 0.3 is 0 Å². The number of sulfonamides is 1. The zero-order chi connectivity index (χ0) is 24.0. The molecule has 0 unspecified atom stereocenters. The Balaban J connectivity index is 1.71. The number of rotatable bonds is 9. The van der Waals surface area contributed by atoms with Gasteiger partial charge in [-0.3, -0.25) is 9.10 Å². The van der Waals surface area contributed by atoms with E-state index in [4.69, 9.17) is 0 Å². The number of nitrogens with zero attached hydrogens (tertiary/aromatic N) is 1. The molecule has 1 amide bonds. The highest BCUT2D eigenvalue weighted by Crippen LogP contribution is 2.25. The van der Waals surface area contributed by atoms with Crippen molar-refractivity contribution in [3.8, 4) is 0 Å². The fraction of sp³-hybridized carbons (Fsp3) is 0.296. The number of aryl methyl sites for hydroxylation is 3. The molecule has 5 nitrogen and oxygen atoms in total. The van der Waals surface area contributed by atoms with Gasteiger partial charge in [0, 0.05) is 13.0 Å². The van der Waals surface area contributed by atoms with Crippen LogP contribution in [0.2, 0.25) is 0 Å². The van der Waals surface area contributed by atoms with Crippen LogP contribution in [0.3, 0.4) is 0 Å². The van der Waals surface area contributed by atoms with Gasteiger partial charge in [0.1, 0.15) is 0 Å². The van der Waals surface area contributed by atoms with E-state index in [-0.39, 0.29) is 24.9 Å². The molecule has 0 saturated heterocycles. The molecule has 1 N–H and O–H groups in total. The third-order valence-electron chi connectivity index (χ3n) is 5.88. The van der Waals surface area contributed by atoms with Crippen molar-refractivity contribution in [2.24, 2.45) is 0 Å². The largest absolute Gasteiger partial charge is 0.345 e. The van der Waals surface area contributed by atoms with E-state index in [1.165, 1.54) is 10.6 Å². The Kier molecular flexibility index (Phi) is 7.92. The van der Waals surface area contributed by atoms with Crippen LogP contribution in [0.4, 0.5) is 5.69 Å². The summed E-state index contributed by atoms with van der Waals surface area (Å²) < 4.78 is 26.2. The standard InChI is InChI=1S/C27H32N2O3S/c1-20-16-17-24(19-22(20)3)29(33(4,31)32)18-10-15-26(30)28-27(23-12-6-5-7-13-23)25-14-9-8-11-21(25)2/h5-9,11-14,16-17,19,27H,10,15,18H2,1-4H3,(H,28,30)/t27-/m1/s1. The average molecular weight is 465 g/mol. The molecule has 6 heteroatoms. The lowest BCUT2D eigenvalue weighted by Crippen LogP contribution is -2.33. The van der Waals surface area contributed by atoms with Crippen LogP contribution in [0.5, 0.6) is 0 Å². The SMILES string of the molecule is Cc1ccc(N(CCCC(=O)N[C@H](c2ccccc2)c2ccccc2C)S(C)(=O)=O)cc1C. The number of amides is 1. The molecule has 0 bridgehead atoms. The van der Waals surface area contributed by atoms with Gasteiger partial charge in [-0.1, -0.05) is 60.7 Å². The highest BCUT2D eigenvalue weighted by molar-refractivity contribution is 7.92. The third-order valence-corrected chi connectivity index (χ3v) is 7.08. The molecule has 0 aromatic heterocycles. The maximum absolute atomic E-state index is 12.9. The molecule has 0 radical (unpaired) electrons. The van der Waals surface area contributed by atoms with Gasteiger partial charge in [-0.2, -0.15) is 0 Å². The van der Waals surface area contributed by atoms with Crippen LogP contribution in [-0.2, 0) is 14.8 Å². The molecule has 174 valence electrons. The van der Waals surface area contributed by atoms with Crippen LogP contribution in [0, 0.1) is 20.8 Å². The summed E-state index contributed by atoms with van der Waals surface area (Å²) in [5.41, 5.74) is 5.92. The minimum Gasteiger partial charge on any atom is -0.345 e. The fourth-order valence-corrected chi connectivity index (χ4v) is 4.84. The Morgan fingerprint density at radius 3 is 2.18 bits per heavy atom. The Morgan fingerprint density at radius 1 is 0.879 bits per heavy atom. The minimum atomic E-state index is -3.46. The minimum absolute atomic E-state index is 0.111. The molecular weight excluding hydrogens is 432 g/mol. The predicted molar refractivity (Wildman–Crippen MR) is 135 cm³/mol. The summed E-state index contributed by atoms with van der Waals surface area (Å²) in [5, 5.41) is 3.15. The first-order valence-electron chi connectivity index (χ1n) is 11.1. The van der Waals surface area contributed by atoms with Gasteiger partial charge in [-0.15, -0.1) is 0 Å². The van der Waals surface area contributed by atoms with Gasteiger partial charge in [0.2, 0.25) is 15.9 Å². The first kappa shape index (κ1) is 24.5. The maximum atomic E-state index is 12.9. The molecule has 0 aliphatic carbocycles. The lowest BCUT2D eigenvalue weighted by atomic mass is 9.95. The number of anilines is 1. The van der Waals surface area contributed by atoms with Gasteiger partial charge in [-0.25, -0.2) is 8.42 Å². The molecule has 0 fully saturated rings. The van der Waals surface area contributed by atoms with E-state index in [0.717, 1.165) is 27.8 Å². The Morgan fingerprint density at radius 2 is 1.55 bits per heavy atom. The molecule has 3 aromatic rings. The van der Waals surface area contributed by atoms with Crippen molar-refractivity contribution >= 4 is 21.6 Å². The van der Waals surface area contributed by atoms with Crippen molar-refractivity contribution in [2.45, 2.75) is 39.7 Å². The molecule has 3 rings (SSSR count). The summed E-state index contributed by atoms with van der Waals surface area (Å²) in [5.74, 6) is -0.111. The van der Waals surface area contributed by atoms with E-state index in [2.05, 4.69) is 5.32 Å². The zero-order valence-electron chi connectivity index (χ0n) is 19.7. The van der Waals surface area contributed by atoms with Crippen LogP contribution in [-0.4, -0.2) is 27.1 Å². The quantitative estimate of drug-likeness (QED) is 0.481. The van der Waals surface area contributed by atoms with Crippen molar-refractivity contribution in [2.75, 3.05) is 17.1 Å². The molecule has 0 aliphatic heterocycles. The molecule has 0 heterocycles. The van der Waals surface area contributed by atoms with Gasteiger partial charge in [0.15, 0.2) is 0 Å². The molecular formula is C27H32N2O3S. The fourth-order valence-electron chi connectivity index (χ4n) is 3.88. The summed E-state index contributed by atoms with van der Waals surface area (Å²) in [6, 6.07) is 23.2. The van der Waals surface area contributed by atoms with Crippen molar-refractivity contribution in [3.05, 3.63) is 101 Å². The predicted octanol–water partition coefficient (Wildman–Crippen LogP) is 5.06. The van der Waals surface area contributed by atoms with Crippen LogP contribution >= 0.6 is 0 Å². The third kappa shape index (κ3) is 6.45. The van der Waals surface area contributed by atoms with Crippen molar-refractivity contribution < 1.29 is 13.2 Å². The number of hydrogen-bond donors (Lipinski definition) is 1. The summed E-state index contributed by atoms with van der Waals surface area (Å²) in [7, 11) is -3.46. The van der Waals surface area contributed by atoms with Gasteiger partial charge in [-0.05, 0) is 67.1 Å². The Labute approximate surface area is 197 Å². The maximum Gasteiger partial charge on any atom is 0.232 e. The van der Waals surface area contributed by atoms with E-state index in [1.807, 2.05) is 93.6 Å². The zero-order valence-corrected chi connectivity index (χ0v) is 20.5. The van der Waals surface area contributed by atoms with Crippen LogP contribution in [0.25, 0.3) is 0 Å². The summed E-state index contributed by atoms with van der Waals surface area (Å²) in [4.78, 5) is 12.9. The topological polar surface area (TPSA) is 66.5 Å².